The van der Waals surface area contributed by atoms with Crippen LogP contribution in [0.5, 0.6) is 0 Å². The molecule has 2 aromatic heterocycles. The minimum atomic E-state index is -0.927. The molecule has 5 rings (SSSR count). The van der Waals surface area contributed by atoms with Crippen LogP contribution < -0.4 is 10.6 Å². The Morgan fingerprint density at radius 3 is 2.62 bits per heavy atom. The molecular formula is C29H30FN5O4S. The monoisotopic (exact) mass is 563 g/mol. The van der Waals surface area contributed by atoms with E-state index < -0.39 is 12.0 Å². The zero-order valence-electron chi connectivity index (χ0n) is 22.0. The zero-order chi connectivity index (χ0) is 28.2. The maximum atomic E-state index is 14.3. The van der Waals surface area contributed by atoms with Gasteiger partial charge in [-0.1, -0.05) is 48.6 Å². The van der Waals surface area contributed by atoms with Gasteiger partial charge in [0.2, 0.25) is 16.9 Å². The van der Waals surface area contributed by atoms with Crippen LogP contribution in [0.15, 0.2) is 54.0 Å². The fourth-order valence-corrected chi connectivity index (χ4v) is 6.14. The third kappa shape index (κ3) is 5.89. The highest BCUT2D eigenvalue weighted by molar-refractivity contribution is 7.13. The summed E-state index contributed by atoms with van der Waals surface area (Å²) in [6.07, 6.45) is 2.28. The first-order valence-electron chi connectivity index (χ1n) is 13.3. The van der Waals surface area contributed by atoms with Crippen molar-refractivity contribution >= 4 is 45.2 Å². The molecule has 1 aliphatic carbocycles. The third-order valence-corrected chi connectivity index (χ3v) is 8.06. The molecule has 0 bridgehead atoms. The molecule has 0 saturated carbocycles. The Balaban J connectivity index is 1.33. The van der Waals surface area contributed by atoms with Crippen molar-refractivity contribution < 1.29 is 23.9 Å². The number of carboxylic acid groups (broad SMARTS) is 1. The van der Waals surface area contributed by atoms with E-state index in [1.807, 2.05) is 41.8 Å². The number of hydrogen-bond acceptors (Lipinski definition) is 6. The molecule has 3 atom stereocenters. The van der Waals surface area contributed by atoms with E-state index in [4.69, 9.17) is 0 Å². The van der Waals surface area contributed by atoms with Crippen molar-refractivity contribution in [2.24, 2.45) is 0 Å². The normalized spacial score (nSPS) is 16.2. The Bertz CT molecular complexity index is 1520. The van der Waals surface area contributed by atoms with Gasteiger partial charge in [-0.2, -0.15) is 0 Å². The molecule has 3 N–H and O–H groups in total. The van der Waals surface area contributed by atoms with Gasteiger partial charge in [0.1, 0.15) is 17.4 Å². The van der Waals surface area contributed by atoms with Crippen molar-refractivity contribution in [1.82, 2.24) is 20.1 Å². The lowest BCUT2D eigenvalue weighted by molar-refractivity contribution is -0.141. The van der Waals surface area contributed by atoms with Crippen molar-refractivity contribution in [1.29, 1.82) is 0 Å². The molecule has 0 saturated heterocycles. The molecule has 11 heteroatoms. The van der Waals surface area contributed by atoms with E-state index in [1.165, 1.54) is 29.0 Å². The predicted molar refractivity (Wildman–Crippen MR) is 150 cm³/mol. The van der Waals surface area contributed by atoms with E-state index >= 15 is 0 Å². The summed E-state index contributed by atoms with van der Waals surface area (Å²) in [5.41, 5.74) is 4.87. The Kier molecular flexibility index (Phi) is 8.20. The predicted octanol–water partition coefficient (Wildman–Crippen LogP) is 4.84. The number of hydrogen-bond donors (Lipinski definition) is 3. The van der Waals surface area contributed by atoms with Crippen molar-refractivity contribution in [3.05, 3.63) is 76.7 Å². The number of amides is 2. The average molecular weight is 564 g/mol. The van der Waals surface area contributed by atoms with E-state index in [-0.39, 0.29) is 42.4 Å². The quantitative estimate of drug-likeness (QED) is 0.253. The summed E-state index contributed by atoms with van der Waals surface area (Å²) in [6, 6.07) is 12.9. The number of halogens is 1. The second kappa shape index (κ2) is 12.0. The van der Waals surface area contributed by atoms with Gasteiger partial charge in [0.15, 0.2) is 0 Å². The maximum Gasteiger partial charge on any atom is 0.326 e. The Morgan fingerprint density at radius 2 is 1.93 bits per heavy atom. The molecule has 2 unspecified atom stereocenters. The van der Waals surface area contributed by atoms with Gasteiger partial charge in [0, 0.05) is 41.4 Å². The molecule has 40 heavy (non-hydrogen) atoms. The molecule has 9 nitrogen and oxygen atoms in total. The van der Waals surface area contributed by atoms with E-state index in [0.29, 0.717) is 41.7 Å². The molecule has 208 valence electrons. The van der Waals surface area contributed by atoms with Crippen LogP contribution in [0, 0.1) is 5.82 Å². The molecule has 0 aliphatic heterocycles. The standard InChI is InChI=1S/C29H30FN5O4S/c1-2-23(28(38)39)35-24-10-8-19(30)14-21(24)22-15-20(9-11-25(22)35)32-26(36)12-18(17-6-4-3-5-7-17)13-27(37)33-29-34-31-16-40-29/h3-8,10,14,16,18,20,23H,2,9,11-13,15H2,1H3,(H,32,36)(H,38,39)(H,33,34,37)/t18?,20-,23?/m0/s1. The molecular weight excluding hydrogens is 533 g/mol. The van der Waals surface area contributed by atoms with Crippen LogP contribution in [0.3, 0.4) is 0 Å². The van der Waals surface area contributed by atoms with Crippen LogP contribution in [0.25, 0.3) is 10.9 Å². The van der Waals surface area contributed by atoms with Gasteiger partial charge in [0.25, 0.3) is 0 Å². The van der Waals surface area contributed by atoms with Crippen LogP contribution in [0.4, 0.5) is 9.52 Å². The van der Waals surface area contributed by atoms with Crippen molar-refractivity contribution in [2.75, 3.05) is 5.32 Å². The van der Waals surface area contributed by atoms with Crippen molar-refractivity contribution in [3.63, 3.8) is 0 Å². The first kappa shape index (κ1) is 27.4. The molecule has 1 aliphatic rings. The van der Waals surface area contributed by atoms with E-state index in [0.717, 1.165) is 16.8 Å². The molecule has 2 amide bonds. The molecule has 2 aromatic carbocycles. The van der Waals surface area contributed by atoms with Crippen LogP contribution in [-0.4, -0.2) is 43.7 Å². The Labute approximate surface area is 234 Å². The van der Waals surface area contributed by atoms with Gasteiger partial charge in [-0.3, -0.25) is 9.59 Å². The van der Waals surface area contributed by atoms with Crippen molar-refractivity contribution in [2.45, 2.75) is 63.5 Å². The fourth-order valence-electron chi connectivity index (χ4n) is 5.68. The lowest BCUT2D eigenvalue weighted by Gasteiger charge is -2.27. The smallest absolute Gasteiger partial charge is 0.326 e. The molecule has 0 radical (unpaired) electrons. The number of carbonyl (C=O) groups is 3. The number of fused-ring (bicyclic) bond motifs is 3. The van der Waals surface area contributed by atoms with E-state index in [1.54, 1.807) is 6.07 Å². The summed E-state index contributed by atoms with van der Waals surface area (Å²) >= 11 is 1.22. The number of benzene rings is 2. The topological polar surface area (TPSA) is 126 Å². The highest BCUT2D eigenvalue weighted by atomic mass is 32.1. The Hall–Kier alpha value is -4.12. The largest absolute Gasteiger partial charge is 0.480 e. The lowest BCUT2D eigenvalue weighted by atomic mass is 9.89. The zero-order valence-corrected chi connectivity index (χ0v) is 22.8. The Morgan fingerprint density at radius 1 is 1.15 bits per heavy atom. The number of anilines is 1. The van der Waals surface area contributed by atoms with Gasteiger partial charge in [0.05, 0.1) is 0 Å². The summed E-state index contributed by atoms with van der Waals surface area (Å²) in [7, 11) is 0. The highest BCUT2D eigenvalue weighted by Gasteiger charge is 2.31. The molecule has 4 aromatic rings. The minimum absolute atomic E-state index is 0.103. The number of carboxylic acids is 1. The van der Waals surface area contributed by atoms with Crippen molar-refractivity contribution in [3.8, 4) is 0 Å². The van der Waals surface area contributed by atoms with Crippen LogP contribution in [0.1, 0.15) is 61.4 Å². The average Bonchev–Trinajstić information content (AvgIpc) is 3.55. The third-order valence-electron chi connectivity index (χ3n) is 7.45. The summed E-state index contributed by atoms with van der Waals surface area (Å²) in [5.74, 6) is -2.09. The minimum Gasteiger partial charge on any atom is -0.480 e. The number of nitrogens with zero attached hydrogens (tertiary/aromatic N) is 3. The highest BCUT2D eigenvalue weighted by Crippen LogP contribution is 2.36. The van der Waals surface area contributed by atoms with Crippen LogP contribution >= 0.6 is 11.3 Å². The van der Waals surface area contributed by atoms with Gasteiger partial charge in [-0.25, -0.2) is 9.18 Å². The second-order valence-electron chi connectivity index (χ2n) is 10.0. The van der Waals surface area contributed by atoms with Gasteiger partial charge >= 0.3 is 5.97 Å². The molecule has 2 heterocycles. The molecule has 0 fully saturated rings. The summed E-state index contributed by atoms with van der Waals surface area (Å²) in [6.45, 7) is 1.82. The van der Waals surface area contributed by atoms with Gasteiger partial charge in [-0.05, 0) is 55.0 Å². The number of aliphatic carboxylic acids is 1. The van der Waals surface area contributed by atoms with Crippen LogP contribution in [-0.2, 0) is 27.2 Å². The van der Waals surface area contributed by atoms with E-state index in [2.05, 4.69) is 20.8 Å². The summed E-state index contributed by atoms with van der Waals surface area (Å²) in [5, 5.41) is 24.4. The lowest BCUT2D eigenvalue weighted by Crippen LogP contribution is -2.40. The number of carbonyl (C=O) groups excluding carboxylic acids is 2. The summed E-state index contributed by atoms with van der Waals surface area (Å²) < 4.78 is 16.1. The van der Waals surface area contributed by atoms with E-state index in [9.17, 15) is 23.9 Å². The number of nitrogens with one attached hydrogen (secondary N) is 2. The number of aromatic nitrogens is 3. The number of rotatable bonds is 10. The van der Waals surface area contributed by atoms with Gasteiger partial charge < -0.3 is 20.3 Å². The second-order valence-corrected chi connectivity index (χ2v) is 10.9. The SMILES string of the molecule is CCC(C(=O)O)n1c2c(c3cc(F)ccc31)C[C@@H](NC(=O)CC(CC(=O)Nc1nncs1)c1ccccc1)CC2. The summed E-state index contributed by atoms with van der Waals surface area (Å²) in [4.78, 5) is 38.0. The maximum absolute atomic E-state index is 14.3. The molecule has 0 spiro atoms. The fraction of sp³-hybridized carbons (Fsp3) is 0.345. The van der Waals surface area contributed by atoms with Crippen LogP contribution in [0.2, 0.25) is 0 Å². The first-order chi connectivity index (χ1) is 19.3. The van der Waals surface area contributed by atoms with Gasteiger partial charge in [-0.15, -0.1) is 10.2 Å². The first-order valence-corrected chi connectivity index (χ1v) is 14.2.